The molecule has 1 aromatic carbocycles. The van der Waals surface area contributed by atoms with Gasteiger partial charge in [0, 0.05) is 18.7 Å². The number of aromatic nitrogens is 2. The van der Waals surface area contributed by atoms with Crippen LogP contribution in [-0.4, -0.2) is 39.4 Å². The molecule has 1 saturated heterocycles. The van der Waals surface area contributed by atoms with Gasteiger partial charge in [0.1, 0.15) is 5.75 Å². The lowest BCUT2D eigenvalue weighted by Crippen LogP contribution is -2.38. The van der Waals surface area contributed by atoms with E-state index in [4.69, 9.17) is 4.42 Å². The van der Waals surface area contributed by atoms with Crippen molar-refractivity contribution in [2.45, 2.75) is 32.0 Å². The number of fused-ring (bicyclic) bond motifs is 1. The van der Waals surface area contributed by atoms with Crippen molar-refractivity contribution >= 4 is 17.2 Å². The fourth-order valence-corrected chi connectivity index (χ4v) is 3.48. The molecule has 6 nitrogen and oxygen atoms in total. The van der Waals surface area contributed by atoms with Crippen molar-refractivity contribution in [2.75, 3.05) is 18.0 Å². The van der Waals surface area contributed by atoms with Crippen LogP contribution in [0.5, 0.6) is 5.75 Å². The summed E-state index contributed by atoms with van der Waals surface area (Å²) in [5.41, 5.74) is 0.554. The maximum Gasteiger partial charge on any atom is 0.416 e. The number of halogens is 3. The average molecular weight is 393 g/mol. The number of piperidine rings is 1. The first kappa shape index (κ1) is 18.5. The number of hydrogen-bond donors (Lipinski definition) is 2. The number of alkyl halides is 3. The number of pyridine rings is 1. The Morgan fingerprint density at radius 3 is 2.68 bits per heavy atom. The number of phenolic OH excluding ortho intramolecular Hbond substituents is 1. The van der Waals surface area contributed by atoms with Gasteiger partial charge in [-0.15, -0.1) is 0 Å². The van der Waals surface area contributed by atoms with E-state index < -0.39 is 23.6 Å². The van der Waals surface area contributed by atoms with E-state index in [0.29, 0.717) is 36.4 Å². The first-order chi connectivity index (χ1) is 13.2. The van der Waals surface area contributed by atoms with Crippen molar-refractivity contribution in [1.82, 2.24) is 9.97 Å². The number of anilines is 1. The Labute approximate surface area is 158 Å². The Morgan fingerprint density at radius 2 is 2.00 bits per heavy atom. The number of phenols is 1. The van der Waals surface area contributed by atoms with E-state index in [0.717, 1.165) is 18.9 Å². The lowest BCUT2D eigenvalue weighted by molar-refractivity contribution is -0.137. The third kappa shape index (κ3) is 3.37. The smallest absolute Gasteiger partial charge is 0.416 e. The zero-order valence-corrected chi connectivity index (χ0v) is 15.0. The molecule has 3 heterocycles. The van der Waals surface area contributed by atoms with Gasteiger partial charge in [-0.25, -0.2) is 4.98 Å². The molecule has 1 aliphatic rings. The highest BCUT2D eigenvalue weighted by Gasteiger charge is 2.32. The Hall–Kier alpha value is -2.81. The van der Waals surface area contributed by atoms with Gasteiger partial charge >= 0.3 is 6.18 Å². The molecule has 0 amide bonds. The van der Waals surface area contributed by atoms with Crippen molar-refractivity contribution in [2.24, 2.45) is 0 Å². The van der Waals surface area contributed by atoms with Crippen LogP contribution in [-0.2, 0) is 6.18 Å². The second-order valence-corrected chi connectivity index (χ2v) is 6.94. The summed E-state index contributed by atoms with van der Waals surface area (Å²) in [4.78, 5) is 10.5. The molecule has 0 saturated carbocycles. The molecule has 3 aromatic rings. The van der Waals surface area contributed by atoms with E-state index in [9.17, 15) is 23.4 Å². The summed E-state index contributed by atoms with van der Waals surface area (Å²) >= 11 is 0. The van der Waals surface area contributed by atoms with Gasteiger partial charge in [-0.1, -0.05) is 0 Å². The molecule has 2 aromatic heterocycles. The second kappa shape index (κ2) is 6.66. The minimum absolute atomic E-state index is 0.216. The fraction of sp³-hybridized carbons (Fsp3) is 0.368. The summed E-state index contributed by atoms with van der Waals surface area (Å²) in [6.45, 7) is 2.60. The number of aryl methyl sites for hydroxylation is 1. The summed E-state index contributed by atoms with van der Waals surface area (Å²) in [5, 5.41) is 20.0. The quantitative estimate of drug-likeness (QED) is 0.688. The molecule has 1 atom stereocenters. The van der Waals surface area contributed by atoms with Crippen LogP contribution >= 0.6 is 0 Å². The zero-order chi connectivity index (χ0) is 20.1. The Balaban J connectivity index is 1.72. The van der Waals surface area contributed by atoms with Crippen molar-refractivity contribution < 1.29 is 27.8 Å². The average Bonchev–Trinajstić information content (AvgIpc) is 3.04. The summed E-state index contributed by atoms with van der Waals surface area (Å²) < 4.78 is 44.5. The number of rotatable bonds is 2. The number of benzene rings is 1. The molecular formula is C19H18F3N3O3. The molecular weight excluding hydrogens is 375 g/mol. The predicted molar refractivity (Wildman–Crippen MR) is 96.1 cm³/mol. The first-order valence-corrected chi connectivity index (χ1v) is 8.84. The third-order valence-electron chi connectivity index (χ3n) is 4.81. The molecule has 1 unspecified atom stereocenters. The topological polar surface area (TPSA) is 82.6 Å². The van der Waals surface area contributed by atoms with Gasteiger partial charge in [0.05, 0.1) is 17.4 Å². The Kier molecular flexibility index (Phi) is 4.41. The highest BCUT2D eigenvalue weighted by molar-refractivity contribution is 5.78. The Bertz CT molecular complexity index is 1010. The Morgan fingerprint density at radius 1 is 1.21 bits per heavy atom. The monoisotopic (exact) mass is 393 g/mol. The molecule has 0 spiro atoms. The van der Waals surface area contributed by atoms with Crippen LogP contribution < -0.4 is 4.90 Å². The SMILES string of the molecule is Cc1cc(C(F)(F)F)cc(O)c1-c1ccc2oc(N3CCCC(O)C3)nc2n1. The van der Waals surface area contributed by atoms with Crippen LogP contribution in [0.25, 0.3) is 22.5 Å². The highest BCUT2D eigenvalue weighted by atomic mass is 19.4. The summed E-state index contributed by atoms with van der Waals surface area (Å²) in [7, 11) is 0. The predicted octanol–water partition coefficient (Wildman–Crippen LogP) is 3.88. The molecule has 28 heavy (non-hydrogen) atoms. The van der Waals surface area contributed by atoms with Crippen LogP contribution in [0, 0.1) is 6.92 Å². The van der Waals surface area contributed by atoms with Crippen molar-refractivity contribution in [3.63, 3.8) is 0 Å². The molecule has 9 heteroatoms. The lowest BCUT2D eigenvalue weighted by atomic mass is 10.0. The van der Waals surface area contributed by atoms with E-state index in [2.05, 4.69) is 9.97 Å². The lowest BCUT2D eigenvalue weighted by Gasteiger charge is -2.28. The fourth-order valence-electron chi connectivity index (χ4n) is 3.48. The number of oxazole rings is 1. The van der Waals surface area contributed by atoms with Crippen LogP contribution in [0.1, 0.15) is 24.0 Å². The van der Waals surface area contributed by atoms with E-state index in [1.54, 1.807) is 12.1 Å². The number of aromatic hydroxyl groups is 1. The van der Waals surface area contributed by atoms with Gasteiger partial charge in [-0.05, 0) is 49.6 Å². The van der Waals surface area contributed by atoms with Gasteiger partial charge in [0.15, 0.2) is 5.58 Å². The number of aliphatic hydroxyl groups is 1. The highest BCUT2D eigenvalue weighted by Crippen LogP contribution is 2.39. The molecule has 1 fully saturated rings. The van der Waals surface area contributed by atoms with Gasteiger partial charge in [0.2, 0.25) is 5.65 Å². The summed E-state index contributed by atoms with van der Waals surface area (Å²) in [5.74, 6) is -0.498. The summed E-state index contributed by atoms with van der Waals surface area (Å²) in [6.07, 6.45) is -3.44. The summed E-state index contributed by atoms with van der Waals surface area (Å²) in [6, 6.07) is 5.19. The maximum atomic E-state index is 12.9. The third-order valence-corrected chi connectivity index (χ3v) is 4.81. The van der Waals surface area contributed by atoms with Gasteiger partial charge in [-0.2, -0.15) is 18.2 Å². The largest absolute Gasteiger partial charge is 0.507 e. The van der Waals surface area contributed by atoms with E-state index in [1.165, 1.54) is 6.92 Å². The molecule has 0 bridgehead atoms. The van der Waals surface area contributed by atoms with Gasteiger partial charge < -0.3 is 19.5 Å². The minimum atomic E-state index is -4.54. The zero-order valence-electron chi connectivity index (χ0n) is 15.0. The number of aliphatic hydroxyl groups excluding tert-OH is 1. The standard InChI is InChI=1S/C19H18F3N3O3/c1-10-7-11(19(20,21)22)8-14(27)16(10)13-4-5-15-17(23-13)24-18(28-15)25-6-2-3-12(26)9-25/h4-5,7-8,12,26-27H,2-3,6,9H2,1H3. The van der Waals surface area contributed by atoms with Crippen LogP contribution in [0.3, 0.4) is 0 Å². The van der Waals surface area contributed by atoms with Crippen LogP contribution in [0.4, 0.5) is 19.2 Å². The number of nitrogens with zero attached hydrogens (tertiary/aromatic N) is 3. The van der Waals surface area contributed by atoms with Crippen molar-refractivity contribution in [3.05, 3.63) is 35.4 Å². The molecule has 148 valence electrons. The molecule has 4 rings (SSSR count). The number of β-amino-alcohol motifs (C(OH)–C–C–N with tert-alkyl or cyclic N) is 1. The molecule has 2 N–H and O–H groups in total. The minimum Gasteiger partial charge on any atom is -0.507 e. The second-order valence-electron chi connectivity index (χ2n) is 6.94. The molecule has 0 radical (unpaired) electrons. The van der Waals surface area contributed by atoms with Crippen LogP contribution in [0.15, 0.2) is 28.7 Å². The van der Waals surface area contributed by atoms with E-state index in [1.807, 2.05) is 4.90 Å². The van der Waals surface area contributed by atoms with Crippen LogP contribution in [0.2, 0.25) is 0 Å². The molecule has 0 aliphatic carbocycles. The van der Waals surface area contributed by atoms with Crippen molar-refractivity contribution in [3.8, 4) is 17.0 Å². The van der Waals surface area contributed by atoms with Gasteiger partial charge in [-0.3, -0.25) is 0 Å². The maximum absolute atomic E-state index is 12.9. The van der Waals surface area contributed by atoms with Crippen molar-refractivity contribution in [1.29, 1.82) is 0 Å². The first-order valence-electron chi connectivity index (χ1n) is 8.84. The van der Waals surface area contributed by atoms with E-state index in [-0.39, 0.29) is 16.8 Å². The molecule has 1 aliphatic heterocycles. The normalized spacial score (nSPS) is 18.0. The van der Waals surface area contributed by atoms with Gasteiger partial charge in [0.25, 0.3) is 6.01 Å². The number of hydrogen-bond acceptors (Lipinski definition) is 6. The van der Waals surface area contributed by atoms with E-state index >= 15 is 0 Å².